The number of alkyl halides is 1. The lowest BCUT2D eigenvalue weighted by Gasteiger charge is -2.18. The van der Waals surface area contributed by atoms with Crippen LogP contribution in [-0.2, 0) is 5.41 Å². The van der Waals surface area contributed by atoms with Crippen LogP contribution >= 0.6 is 63.7 Å². The number of halogens is 4. The Morgan fingerprint density at radius 3 is 1.50 bits per heavy atom. The largest absolute Gasteiger partial charge is 0.456 e. The van der Waals surface area contributed by atoms with Crippen LogP contribution in [0.25, 0.3) is 43.9 Å². The minimum absolute atomic E-state index is 0.0879. The van der Waals surface area contributed by atoms with Gasteiger partial charge in [-0.2, -0.15) is 0 Å². The standard InChI is InChI=1S/C16H15BrO.C12H6Br2O.C4H9Br/c1-16(2,3)13-6-4-5-12-11-8-7-10(17)9-14(11)18-15(12)13;13-7-4-5-8-9-2-1-3-10(14)12(9)15-11(8)6-7;1-4(2,3)5/h4-9H,1-3H3;1-6H;1-3H3. The zero-order valence-electron chi connectivity index (χ0n) is 22.3. The van der Waals surface area contributed by atoms with Crippen LogP contribution in [0.15, 0.2) is 95.0 Å². The summed E-state index contributed by atoms with van der Waals surface area (Å²) in [6, 6.07) is 24.7. The SMILES string of the molecule is Brc1ccc2c(c1)oc1c(Br)cccc12.CC(C)(C)Br.CC(C)(C)c1cccc2c1oc1cc(Br)ccc12. The first-order chi connectivity index (χ1) is 17.7. The lowest BCUT2D eigenvalue weighted by atomic mass is 9.86. The predicted molar refractivity (Wildman–Crippen MR) is 178 cm³/mol. The van der Waals surface area contributed by atoms with Gasteiger partial charge in [-0.15, -0.1) is 0 Å². The molecule has 2 aromatic heterocycles. The van der Waals surface area contributed by atoms with Crippen molar-refractivity contribution in [3.8, 4) is 0 Å². The van der Waals surface area contributed by atoms with E-state index in [4.69, 9.17) is 8.83 Å². The van der Waals surface area contributed by atoms with Gasteiger partial charge in [-0.25, -0.2) is 0 Å². The van der Waals surface area contributed by atoms with Crippen LogP contribution in [-0.4, -0.2) is 4.32 Å². The van der Waals surface area contributed by atoms with Crippen LogP contribution in [0.1, 0.15) is 47.1 Å². The summed E-state index contributed by atoms with van der Waals surface area (Å²) in [5.41, 5.74) is 5.11. The highest BCUT2D eigenvalue weighted by Crippen LogP contribution is 2.37. The molecule has 6 heteroatoms. The van der Waals surface area contributed by atoms with Gasteiger partial charge in [-0.1, -0.05) is 120 Å². The van der Waals surface area contributed by atoms with Crippen LogP contribution in [0.3, 0.4) is 0 Å². The van der Waals surface area contributed by atoms with E-state index in [2.05, 4.69) is 148 Å². The number of hydrogen-bond donors (Lipinski definition) is 0. The zero-order valence-corrected chi connectivity index (χ0v) is 28.6. The maximum Gasteiger partial charge on any atom is 0.149 e. The molecule has 0 fully saturated rings. The lowest BCUT2D eigenvalue weighted by molar-refractivity contribution is 0.573. The molecule has 0 N–H and O–H groups in total. The normalized spacial score (nSPS) is 11.9. The van der Waals surface area contributed by atoms with Crippen LogP contribution in [0, 0.1) is 0 Å². The van der Waals surface area contributed by atoms with Gasteiger partial charge in [0.25, 0.3) is 0 Å². The van der Waals surface area contributed by atoms with Crippen molar-refractivity contribution in [1.29, 1.82) is 0 Å². The number of fused-ring (bicyclic) bond motifs is 6. The lowest BCUT2D eigenvalue weighted by Crippen LogP contribution is -2.10. The molecule has 0 aliphatic heterocycles. The Balaban J connectivity index is 0.000000153. The van der Waals surface area contributed by atoms with Crippen molar-refractivity contribution in [2.24, 2.45) is 0 Å². The first kappa shape index (κ1) is 29.4. The highest BCUT2D eigenvalue weighted by Gasteiger charge is 2.20. The van der Waals surface area contributed by atoms with Crippen molar-refractivity contribution in [2.45, 2.75) is 51.3 Å². The van der Waals surface area contributed by atoms with Gasteiger partial charge in [0, 0.05) is 40.4 Å². The second-order valence-electron chi connectivity index (χ2n) is 11.1. The van der Waals surface area contributed by atoms with Gasteiger partial charge in [-0.05, 0) is 63.8 Å². The average Bonchev–Trinajstić information content (AvgIpc) is 3.35. The second-order valence-corrected chi connectivity index (χ2v) is 16.2. The quantitative estimate of drug-likeness (QED) is 0.144. The molecule has 38 heavy (non-hydrogen) atoms. The summed E-state index contributed by atoms with van der Waals surface area (Å²) in [6.07, 6.45) is 0. The van der Waals surface area contributed by atoms with E-state index in [1.165, 1.54) is 16.3 Å². The predicted octanol–water partition coefficient (Wildman–Crippen LogP) is 12.9. The van der Waals surface area contributed by atoms with E-state index in [1.807, 2.05) is 30.3 Å². The summed E-state index contributed by atoms with van der Waals surface area (Å²) in [5, 5.41) is 4.67. The Kier molecular flexibility index (Phi) is 8.88. The Morgan fingerprint density at radius 2 is 1.00 bits per heavy atom. The van der Waals surface area contributed by atoms with Gasteiger partial charge in [0.1, 0.15) is 22.3 Å². The van der Waals surface area contributed by atoms with Crippen molar-refractivity contribution in [3.63, 3.8) is 0 Å². The molecule has 0 saturated heterocycles. The summed E-state index contributed by atoms with van der Waals surface area (Å²) in [4.78, 5) is 0. The van der Waals surface area contributed by atoms with E-state index in [0.717, 1.165) is 46.5 Å². The molecular weight excluding hydrogens is 736 g/mol. The highest BCUT2D eigenvalue weighted by atomic mass is 79.9. The van der Waals surface area contributed by atoms with Crippen molar-refractivity contribution < 1.29 is 8.83 Å². The zero-order chi connectivity index (χ0) is 27.8. The molecule has 2 nitrogen and oxygen atoms in total. The first-order valence-corrected chi connectivity index (χ1v) is 15.5. The smallest absolute Gasteiger partial charge is 0.149 e. The Hall–Kier alpha value is -1.60. The molecule has 0 amide bonds. The molecule has 4 aromatic carbocycles. The molecule has 0 spiro atoms. The third-order valence-corrected chi connectivity index (χ3v) is 7.29. The topological polar surface area (TPSA) is 26.3 Å². The van der Waals surface area contributed by atoms with E-state index in [-0.39, 0.29) is 5.41 Å². The van der Waals surface area contributed by atoms with Gasteiger partial charge in [-0.3, -0.25) is 0 Å². The fourth-order valence-corrected chi connectivity index (χ4v) is 5.23. The summed E-state index contributed by atoms with van der Waals surface area (Å²) in [7, 11) is 0. The average molecular weight is 766 g/mol. The molecule has 0 saturated carbocycles. The maximum atomic E-state index is 6.06. The summed E-state index contributed by atoms with van der Waals surface area (Å²) >= 11 is 13.8. The van der Waals surface area contributed by atoms with Gasteiger partial charge in [0.2, 0.25) is 0 Å². The number of rotatable bonds is 0. The summed E-state index contributed by atoms with van der Waals surface area (Å²) in [5.74, 6) is 0. The van der Waals surface area contributed by atoms with Crippen LogP contribution in [0.2, 0.25) is 0 Å². The minimum Gasteiger partial charge on any atom is -0.456 e. The fourth-order valence-electron chi connectivity index (χ4n) is 4.10. The third kappa shape index (κ3) is 6.93. The van der Waals surface area contributed by atoms with E-state index < -0.39 is 0 Å². The molecule has 6 rings (SSSR count). The molecule has 0 unspecified atom stereocenters. The van der Waals surface area contributed by atoms with E-state index >= 15 is 0 Å². The summed E-state index contributed by atoms with van der Waals surface area (Å²) in [6.45, 7) is 13.0. The summed E-state index contributed by atoms with van der Waals surface area (Å²) < 4.78 is 15.2. The minimum atomic E-state index is 0.0879. The van der Waals surface area contributed by atoms with Gasteiger partial charge >= 0.3 is 0 Å². The molecule has 198 valence electrons. The fraction of sp³-hybridized carbons (Fsp3) is 0.250. The van der Waals surface area contributed by atoms with E-state index in [9.17, 15) is 0 Å². The highest BCUT2D eigenvalue weighted by molar-refractivity contribution is 9.11. The molecule has 6 aromatic rings. The maximum absolute atomic E-state index is 6.06. The van der Waals surface area contributed by atoms with Crippen molar-refractivity contribution in [3.05, 3.63) is 91.8 Å². The van der Waals surface area contributed by atoms with Gasteiger partial charge < -0.3 is 8.83 Å². The monoisotopic (exact) mass is 762 g/mol. The van der Waals surface area contributed by atoms with Gasteiger partial charge in [0.05, 0.1) is 4.47 Å². The van der Waals surface area contributed by atoms with Crippen molar-refractivity contribution in [1.82, 2.24) is 0 Å². The number of hydrogen-bond acceptors (Lipinski definition) is 2. The molecule has 2 heterocycles. The van der Waals surface area contributed by atoms with Crippen molar-refractivity contribution >= 4 is 108 Å². The molecule has 0 aliphatic rings. The molecular formula is C32H30Br4O2. The van der Waals surface area contributed by atoms with Crippen LogP contribution < -0.4 is 0 Å². The number of benzene rings is 4. The molecule has 0 radical (unpaired) electrons. The van der Waals surface area contributed by atoms with E-state index in [0.29, 0.717) is 4.32 Å². The van der Waals surface area contributed by atoms with Crippen LogP contribution in [0.4, 0.5) is 0 Å². The van der Waals surface area contributed by atoms with Gasteiger partial charge in [0.15, 0.2) is 0 Å². The third-order valence-electron chi connectivity index (χ3n) is 5.68. The molecule has 0 atom stereocenters. The Bertz CT molecular complexity index is 1720. The Labute approximate surface area is 257 Å². The number of para-hydroxylation sites is 2. The van der Waals surface area contributed by atoms with E-state index in [1.54, 1.807) is 0 Å². The first-order valence-electron chi connectivity index (χ1n) is 12.3. The second kappa shape index (κ2) is 11.5. The number of furan rings is 2. The molecule has 0 bridgehead atoms. The van der Waals surface area contributed by atoms with Crippen molar-refractivity contribution in [2.75, 3.05) is 0 Å². The molecule has 0 aliphatic carbocycles. The van der Waals surface area contributed by atoms with Crippen LogP contribution in [0.5, 0.6) is 0 Å². The Morgan fingerprint density at radius 1 is 0.553 bits per heavy atom.